The van der Waals surface area contributed by atoms with Crippen LogP contribution in [0.3, 0.4) is 0 Å². The van der Waals surface area contributed by atoms with Gasteiger partial charge in [-0.3, -0.25) is 0 Å². The standard InChI is InChI=1S/C18H16N4O2S3/c1-10-2-3-13-12(6-10)7-14(27-13)17-20-21-18(23-17)26-9-15-19-16(22-24-15)11-4-5-25-8-11/h4-5,7-8,10H,2-3,6,9H2,1H3. The van der Waals surface area contributed by atoms with Crippen LogP contribution in [-0.4, -0.2) is 20.3 Å². The summed E-state index contributed by atoms with van der Waals surface area (Å²) in [5.74, 6) is 2.99. The van der Waals surface area contributed by atoms with Crippen molar-refractivity contribution in [2.45, 2.75) is 37.2 Å². The van der Waals surface area contributed by atoms with Crippen LogP contribution in [0.4, 0.5) is 0 Å². The minimum atomic E-state index is 0.497. The van der Waals surface area contributed by atoms with E-state index in [4.69, 9.17) is 8.94 Å². The number of hydrogen-bond donors (Lipinski definition) is 0. The zero-order valence-corrected chi connectivity index (χ0v) is 17.0. The maximum Gasteiger partial charge on any atom is 0.277 e. The lowest BCUT2D eigenvalue weighted by Gasteiger charge is -2.16. The monoisotopic (exact) mass is 416 g/mol. The van der Waals surface area contributed by atoms with Crippen LogP contribution in [0.1, 0.15) is 29.7 Å². The van der Waals surface area contributed by atoms with Crippen LogP contribution in [0.5, 0.6) is 0 Å². The average Bonchev–Trinajstić information content (AvgIpc) is 3.45. The average molecular weight is 417 g/mol. The Kier molecular flexibility index (Phi) is 4.58. The Hall–Kier alpha value is -1.97. The molecule has 0 aromatic carbocycles. The van der Waals surface area contributed by atoms with E-state index in [2.05, 4.69) is 33.3 Å². The van der Waals surface area contributed by atoms with Crippen LogP contribution in [0.2, 0.25) is 0 Å². The number of thioether (sulfide) groups is 1. The van der Waals surface area contributed by atoms with Gasteiger partial charge >= 0.3 is 0 Å². The van der Waals surface area contributed by atoms with Crippen molar-refractivity contribution in [2.75, 3.05) is 0 Å². The molecule has 138 valence electrons. The first-order valence-corrected chi connectivity index (χ1v) is 11.4. The molecule has 1 unspecified atom stereocenters. The summed E-state index contributed by atoms with van der Waals surface area (Å²) in [5, 5.41) is 16.9. The molecule has 0 radical (unpaired) electrons. The molecule has 6 nitrogen and oxygen atoms in total. The molecule has 1 aliphatic carbocycles. The van der Waals surface area contributed by atoms with Crippen molar-refractivity contribution >= 4 is 34.4 Å². The van der Waals surface area contributed by atoms with Crippen molar-refractivity contribution in [1.29, 1.82) is 0 Å². The molecule has 4 aromatic rings. The van der Waals surface area contributed by atoms with Crippen LogP contribution >= 0.6 is 34.4 Å². The maximum absolute atomic E-state index is 5.84. The molecule has 1 aliphatic rings. The first-order valence-electron chi connectivity index (χ1n) is 8.68. The molecule has 0 N–H and O–H groups in total. The van der Waals surface area contributed by atoms with Crippen molar-refractivity contribution in [2.24, 2.45) is 5.92 Å². The van der Waals surface area contributed by atoms with Gasteiger partial charge in [0.25, 0.3) is 11.1 Å². The lowest BCUT2D eigenvalue weighted by molar-refractivity contribution is 0.391. The summed E-state index contributed by atoms with van der Waals surface area (Å²) in [7, 11) is 0. The molecule has 0 aliphatic heterocycles. The highest BCUT2D eigenvalue weighted by Crippen LogP contribution is 2.37. The number of nitrogens with zero attached hydrogens (tertiary/aromatic N) is 4. The molecule has 9 heteroatoms. The van der Waals surface area contributed by atoms with Gasteiger partial charge in [-0.2, -0.15) is 16.3 Å². The summed E-state index contributed by atoms with van der Waals surface area (Å²) in [5.41, 5.74) is 2.41. The van der Waals surface area contributed by atoms with E-state index >= 15 is 0 Å². The van der Waals surface area contributed by atoms with Crippen LogP contribution in [0.25, 0.3) is 22.2 Å². The summed E-state index contributed by atoms with van der Waals surface area (Å²) in [6.45, 7) is 2.31. The van der Waals surface area contributed by atoms with Crippen LogP contribution in [0, 0.1) is 5.92 Å². The molecule has 5 rings (SSSR count). The normalized spacial score (nSPS) is 16.6. The zero-order chi connectivity index (χ0) is 18.2. The highest BCUT2D eigenvalue weighted by molar-refractivity contribution is 7.98. The van der Waals surface area contributed by atoms with E-state index in [1.54, 1.807) is 22.7 Å². The molecule has 0 spiro atoms. The van der Waals surface area contributed by atoms with Crippen molar-refractivity contribution < 1.29 is 8.94 Å². The fraction of sp³-hybridized carbons (Fsp3) is 0.333. The minimum Gasteiger partial charge on any atom is -0.410 e. The summed E-state index contributed by atoms with van der Waals surface area (Å²) >= 11 is 4.79. The number of thiophene rings is 2. The van der Waals surface area contributed by atoms with E-state index in [1.807, 2.05) is 16.8 Å². The summed E-state index contributed by atoms with van der Waals surface area (Å²) in [4.78, 5) is 6.93. The number of fused-ring (bicyclic) bond motifs is 1. The number of aromatic nitrogens is 4. The highest BCUT2D eigenvalue weighted by atomic mass is 32.2. The molecule has 27 heavy (non-hydrogen) atoms. The molecule has 0 fully saturated rings. The third-order valence-corrected chi connectivity index (χ3v) is 7.22. The second kappa shape index (κ2) is 7.21. The number of rotatable bonds is 5. The summed E-state index contributed by atoms with van der Waals surface area (Å²) in [6, 6.07) is 4.18. The van der Waals surface area contributed by atoms with E-state index in [-0.39, 0.29) is 0 Å². The van der Waals surface area contributed by atoms with Gasteiger partial charge in [0, 0.05) is 15.8 Å². The molecule has 4 aromatic heterocycles. The van der Waals surface area contributed by atoms with Crippen molar-refractivity contribution in [3.63, 3.8) is 0 Å². The molecule has 1 atom stereocenters. The van der Waals surface area contributed by atoms with Gasteiger partial charge < -0.3 is 8.94 Å². The third kappa shape index (κ3) is 3.59. The van der Waals surface area contributed by atoms with Crippen molar-refractivity contribution in [3.05, 3.63) is 39.2 Å². The van der Waals surface area contributed by atoms with Gasteiger partial charge in [0.2, 0.25) is 11.7 Å². The second-order valence-electron chi connectivity index (χ2n) is 6.59. The van der Waals surface area contributed by atoms with Gasteiger partial charge in [0.1, 0.15) is 0 Å². The van der Waals surface area contributed by atoms with Gasteiger partial charge in [-0.1, -0.05) is 23.8 Å². The van der Waals surface area contributed by atoms with E-state index in [0.717, 1.165) is 29.2 Å². The first kappa shape index (κ1) is 17.2. The first-order chi connectivity index (χ1) is 13.2. The number of aryl methyl sites for hydroxylation is 1. The van der Waals surface area contributed by atoms with Gasteiger partial charge in [-0.05, 0) is 48.3 Å². The lowest BCUT2D eigenvalue weighted by atomic mass is 9.90. The van der Waals surface area contributed by atoms with Gasteiger partial charge in [-0.25, -0.2) is 0 Å². The van der Waals surface area contributed by atoms with Crippen molar-refractivity contribution in [1.82, 2.24) is 20.3 Å². The van der Waals surface area contributed by atoms with E-state index in [0.29, 0.717) is 28.6 Å². The third-order valence-electron chi connectivity index (χ3n) is 4.51. The lowest BCUT2D eigenvalue weighted by Crippen LogP contribution is -2.07. The Labute approximate surface area is 168 Å². The second-order valence-corrected chi connectivity index (χ2v) is 9.44. The predicted octanol–water partition coefficient (Wildman–Crippen LogP) is 5.33. The molecule has 0 bridgehead atoms. The summed E-state index contributed by atoms with van der Waals surface area (Å²) in [6.07, 6.45) is 3.56. The molecular formula is C18H16N4O2S3. The van der Waals surface area contributed by atoms with Gasteiger partial charge in [0.05, 0.1) is 10.6 Å². The SMILES string of the molecule is CC1CCc2sc(-c3nnc(SCc4nc(-c5ccsc5)no4)o3)cc2C1. The van der Waals surface area contributed by atoms with Gasteiger partial charge in [-0.15, -0.1) is 21.5 Å². The van der Waals surface area contributed by atoms with E-state index in [1.165, 1.54) is 28.6 Å². The Balaban J connectivity index is 1.26. The quantitative estimate of drug-likeness (QED) is 0.407. The minimum absolute atomic E-state index is 0.497. The Bertz CT molecular complexity index is 1050. The fourth-order valence-electron chi connectivity index (χ4n) is 3.12. The predicted molar refractivity (Wildman–Crippen MR) is 106 cm³/mol. The molecular weight excluding hydrogens is 400 g/mol. The molecule has 0 saturated carbocycles. The zero-order valence-electron chi connectivity index (χ0n) is 14.5. The topological polar surface area (TPSA) is 77.8 Å². The maximum atomic E-state index is 5.84. The van der Waals surface area contributed by atoms with Crippen LogP contribution in [0.15, 0.2) is 37.1 Å². The smallest absolute Gasteiger partial charge is 0.277 e. The van der Waals surface area contributed by atoms with Crippen LogP contribution < -0.4 is 0 Å². The number of hydrogen-bond acceptors (Lipinski definition) is 9. The van der Waals surface area contributed by atoms with E-state index in [9.17, 15) is 0 Å². The van der Waals surface area contributed by atoms with E-state index < -0.39 is 0 Å². The molecule has 0 amide bonds. The fourth-order valence-corrected chi connectivity index (χ4v) is 5.49. The summed E-state index contributed by atoms with van der Waals surface area (Å²) < 4.78 is 11.1. The largest absolute Gasteiger partial charge is 0.410 e. The Morgan fingerprint density at radius 2 is 2.30 bits per heavy atom. The van der Waals surface area contributed by atoms with Crippen molar-refractivity contribution in [3.8, 4) is 22.2 Å². The molecule has 0 saturated heterocycles. The van der Waals surface area contributed by atoms with Crippen LogP contribution in [-0.2, 0) is 18.6 Å². The highest BCUT2D eigenvalue weighted by Gasteiger charge is 2.21. The Morgan fingerprint density at radius 3 is 3.19 bits per heavy atom. The Morgan fingerprint density at radius 1 is 1.33 bits per heavy atom. The van der Waals surface area contributed by atoms with Gasteiger partial charge in [0.15, 0.2) is 0 Å². The molecule has 4 heterocycles.